The number of primary amides is 1. The van der Waals surface area contributed by atoms with Crippen LogP contribution in [-0.4, -0.2) is 37.5 Å². The first-order valence-electron chi connectivity index (χ1n) is 7.51. The Bertz CT molecular complexity index is 692. The Morgan fingerprint density at radius 2 is 2.16 bits per heavy atom. The minimum absolute atomic E-state index is 0. The summed E-state index contributed by atoms with van der Waals surface area (Å²) in [6.45, 7) is 1.28. The highest BCUT2D eigenvalue weighted by molar-refractivity contribution is 14.0. The number of halogens is 1. The maximum Gasteiger partial charge on any atom is 0.255 e. The minimum atomic E-state index is -0.492. The summed E-state index contributed by atoms with van der Waals surface area (Å²) < 4.78 is 5.32. The fraction of sp³-hybridized carbons (Fsp3) is 0.294. The number of amides is 1. The SMILES string of the molecule is CN=C(NCc1cccc(OCC(N)=O)c1)N(C)Cc1ccsc1.I. The molecule has 2 aromatic rings. The molecular formula is C17H23IN4O2S. The van der Waals surface area contributed by atoms with Gasteiger partial charge in [0.15, 0.2) is 12.6 Å². The molecule has 0 fully saturated rings. The van der Waals surface area contributed by atoms with Gasteiger partial charge in [0, 0.05) is 27.2 Å². The highest BCUT2D eigenvalue weighted by Crippen LogP contribution is 2.13. The third kappa shape index (κ3) is 7.30. The number of rotatable bonds is 7. The number of aliphatic imine (C=N–C) groups is 1. The van der Waals surface area contributed by atoms with E-state index in [2.05, 4.69) is 32.0 Å². The highest BCUT2D eigenvalue weighted by Gasteiger charge is 2.07. The fourth-order valence-corrected chi connectivity index (χ4v) is 2.86. The molecular weight excluding hydrogens is 451 g/mol. The summed E-state index contributed by atoms with van der Waals surface area (Å²) in [6.07, 6.45) is 0. The largest absolute Gasteiger partial charge is 0.484 e. The van der Waals surface area contributed by atoms with E-state index in [1.807, 2.05) is 25.2 Å². The second-order valence-corrected chi connectivity index (χ2v) is 6.07. The van der Waals surface area contributed by atoms with Crippen molar-refractivity contribution in [2.45, 2.75) is 13.1 Å². The molecule has 0 aliphatic rings. The molecule has 1 aromatic heterocycles. The number of thiophene rings is 1. The molecule has 0 aliphatic heterocycles. The van der Waals surface area contributed by atoms with Gasteiger partial charge in [0.25, 0.3) is 5.91 Å². The van der Waals surface area contributed by atoms with Crippen molar-refractivity contribution in [1.29, 1.82) is 0 Å². The molecule has 1 amide bonds. The Labute approximate surface area is 169 Å². The van der Waals surface area contributed by atoms with Crippen LogP contribution in [0.15, 0.2) is 46.1 Å². The van der Waals surface area contributed by atoms with E-state index < -0.39 is 5.91 Å². The number of nitrogens with one attached hydrogen (secondary N) is 1. The standard InChI is InChI=1S/C17H22N4O2S.HI/c1-19-17(21(2)10-14-6-7-24-12-14)20-9-13-4-3-5-15(8-13)23-11-16(18)22;/h3-8,12H,9-11H2,1-2H3,(H2,18,22)(H,19,20);1H. The lowest BCUT2D eigenvalue weighted by atomic mass is 10.2. The molecule has 136 valence electrons. The Kier molecular flexibility index (Phi) is 9.28. The van der Waals surface area contributed by atoms with E-state index in [9.17, 15) is 4.79 Å². The first kappa shape index (κ1) is 21.2. The van der Waals surface area contributed by atoms with Gasteiger partial charge >= 0.3 is 0 Å². The molecule has 25 heavy (non-hydrogen) atoms. The number of carbonyl (C=O) groups is 1. The van der Waals surface area contributed by atoms with Crippen LogP contribution >= 0.6 is 35.3 Å². The normalized spacial score (nSPS) is 10.7. The molecule has 0 spiro atoms. The number of benzene rings is 1. The van der Waals surface area contributed by atoms with Gasteiger partial charge in [-0.2, -0.15) is 11.3 Å². The zero-order valence-electron chi connectivity index (χ0n) is 14.3. The van der Waals surface area contributed by atoms with Gasteiger partial charge in [0.05, 0.1) is 0 Å². The van der Waals surface area contributed by atoms with Crippen LogP contribution in [0.4, 0.5) is 0 Å². The van der Waals surface area contributed by atoms with Crippen LogP contribution in [-0.2, 0) is 17.9 Å². The molecule has 0 unspecified atom stereocenters. The molecule has 1 aromatic carbocycles. The number of nitrogens with two attached hydrogens (primary N) is 1. The Morgan fingerprint density at radius 1 is 1.36 bits per heavy atom. The quantitative estimate of drug-likeness (QED) is 0.367. The van der Waals surface area contributed by atoms with E-state index in [4.69, 9.17) is 10.5 Å². The monoisotopic (exact) mass is 474 g/mol. The summed E-state index contributed by atoms with van der Waals surface area (Å²) in [5, 5.41) is 7.52. The molecule has 0 radical (unpaired) electrons. The van der Waals surface area contributed by atoms with Crippen LogP contribution in [0.3, 0.4) is 0 Å². The Morgan fingerprint density at radius 3 is 2.80 bits per heavy atom. The van der Waals surface area contributed by atoms with E-state index in [0.29, 0.717) is 12.3 Å². The average Bonchev–Trinajstić information content (AvgIpc) is 3.07. The van der Waals surface area contributed by atoms with Crippen molar-refractivity contribution >= 4 is 47.2 Å². The summed E-state index contributed by atoms with van der Waals surface area (Å²) in [7, 11) is 3.76. The predicted octanol–water partition coefficient (Wildman–Crippen LogP) is 2.44. The van der Waals surface area contributed by atoms with Gasteiger partial charge < -0.3 is 20.7 Å². The van der Waals surface area contributed by atoms with Gasteiger partial charge in [-0.05, 0) is 40.1 Å². The summed E-state index contributed by atoms with van der Waals surface area (Å²) in [5.41, 5.74) is 7.37. The molecule has 6 nitrogen and oxygen atoms in total. The van der Waals surface area contributed by atoms with Gasteiger partial charge in [0.1, 0.15) is 5.75 Å². The van der Waals surface area contributed by atoms with Gasteiger partial charge in [-0.15, -0.1) is 24.0 Å². The van der Waals surface area contributed by atoms with Crippen LogP contribution < -0.4 is 15.8 Å². The van der Waals surface area contributed by atoms with Crippen molar-refractivity contribution in [3.8, 4) is 5.75 Å². The first-order valence-corrected chi connectivity index (χ1v) is 8.45. The van der Waals surface area contributed by atoms with Gasteiger partial charge in [0.2, 0.25) is 0 Å². The van der Waals surface area contributed by atoms with Crippen molar-refractivity contribution in [2.75, 3.05) is 20.7 Å². The lowest BCUT2D eigenvalue weighted by Crippen LogP contribution is -2.37. The van der Waals surface area contributed by atoms with E-state index in [1.165, 1.54) is 5.56 Å². The Hall–Kier alpha value is -1.81. The van der Waals surface area contributed by atoms with Crippen LogP contribution in [0, 0.1) is 0 Å². The van der Waals surface area contributed by atoms with Crippen molar-refractivity contribution in [3.05, 3.63) is 52.2 Å². The lowest BCUT2D eigenvalue weighted by Gasteiger charge is -2.21. The number of hydrogen-bond acceptors (Lipinski definition) is 4. The third-order valence-corrected chi connectivity index (χ3v) is 4.04. The van der Waals surface area contributed by atoms with Crippen molar-refractivity contribution < 1.29 is 9.53 Å². The number of nitrogens with zero attached hydrogens (tertiary/aromatic N) is 2. The molecule has 0 aliphatic carbocycles. The van der Waals surface area contributed by atoms with E-state index in [1.54, 1.807) is 24.5 Å². The van der Waals surface area contributed by atoms with Crippen LogP contribution in [0.2, 0.25) is 0 Å². The maximum atomic E-state index is 10.8. The molecule has 2 rings (SSSR count). The number of carbonyl (C=O) groups excluding carboxylic acids is 1. The fourth-order valence-electron chi connectivity index (χ4n) is 2.20. The molecule has 0 atom stereocenters. The molecule has 0 saturated heterocycles. The number of hydrogen-bond donors (Lipinski definition) is 2. The topological polar surface area (TPSA) is 80.0 Å². The minimum Gasteiger partial charge on any atom is -0.484 e. The Balaban J connectivity index is 0.00000312. The zero-order chi connectivity index (χ0) is 17.4. The molecule has 8 heteroatoms. The third-order valence-electron chi connectivity index (χ3n) is 3.30. The van der Waals surface area contributed by atoms with Crippen molar-refractivity contribution in [2.24, 2.45) is 10.7 Å². The van der Waals surface area contributed by atoms with E-state index in [0.717, 1.165) is 18.1 Å². The van der Waals surface area contributed by atoms with Crippen LogP contribution in [0.1, 0.15) is 11.1 Å². The first-order chi connectivity index (χ1) is 11.6. The lowest BCUT2D eigenvalue weighted by molar-refractivity contribution is -0.119. The highest BCUT2D eigenvalue weighted by atomic mass is 127. The second-order valence-electron chi connectivity index (χ2n) is 5.29. The molecule has 0 bridgehead atoms. The van der Waals surface area contributed by atoms with Crippen molar-refractivity contribution in [1.82, 2.24) is 10.2 Å². The van der Waals surface area contributed by atoms with Gasteiger partial charge in [-0.25, -0.2) is 0 Å². The summed E-state index contributed by atoms with van der Waals surface area (Å²) in [6, 6.07) is 9.64. The maximum absolute atomic E-state index is 10.8. The van der Waals surface area contributed by atoms with E-state index in [-0.39, 0.29) is 30.6 Å². The smallest absolute Gasteiger partial charge is 0.255 e. The zero-order valence-corrected chi connectivity index (χ0v) is 17.4. The van der Waals surface area contributed by atoms with Crippen LogP contribution in [0.25, 0.3) is 0 Å². The van der Waals surface area contributed by atoms with Gasteiger partial charge in [-0.3, -0.25) is 9.79 Å². The van der Waals surface area contributed by atoms with Gasteiger partial charge in [-0.1, -0.05) is 12.1 Å². The summed E-state index contributed by atoms with van der Waals surface area (Å²) in [5.74, 6) is 0.938. The summed E-state index contributed by atoms with van der Waals surface area (Å²) >= 11 is 1.69. The predicted molar refractivity (Wildman–Crippen MR) is 113 cm³/mol. The second kappa shape index (κ2) is 10.9. The van der Waals surface area contributed by atoms with E-state index >= 15 is 0 Å². The molecule has 3 N–H and O–H groups in total. The molecule has 0 saturated carbocycles. The number of ether oxygens (including phenoxy) is 1. The van der Waals surface area contributed by atoms with Crippen LogP contribution in [0.5, 0.6) is 5.75 Å². The summed E-state index contributed by atoms with van der Waals surface area (Å²) in [4.78, 5) is 17.2. The number of guanidine groups is 1. The van der Waals surface area contributed by atoms with Crippen molar-refractivity contribution in [3.63, 3.8) is 0 Å². The molecule has 1 heterocycles. The average molecular weight is 474 g/mol.